The van der Waals surface area contributed by atoms with Gasteiger partial charge in [0, 0.05) is 29.8 Å². The third kappa shape index (κ3) is 3.52. The highest BCUT2D eigenvalue weighted by Gasteiger charge is 2.13. The fraction of sp³-hybridized carbons (Fsp3) is 0.231. The van der Waals surface area contributed by atoms with Crippen LogP contribution in [0.25, 0.3) is 11.4 Å². The van der Waals surface area contributed by atoms with Crippen LogP contribution in [0, 0.1) is 3.57 Å². The summed E-state index contributed by atoms with van der Waals surface area (Å²) in [6.45, 7) is 0.413. The number of hydrogen-bond donors (Lipinski definition) is 1. The van der Waals surface area contributed by atoms with E-state index < -0.39 is 0 Å². The predicted molar refractivity (Wildman–Crippen MR) is 90.5 cm³/mol. The lowest BCUT2D eigenvalue weighted by molar-refractivity contribution is 0.181. The topological polar surface area (TPSA) is 47.0 Å². The highest BCUT2D eigenvalue weighted by molar-refractivity contribution is 14.1. The number of nitrogens with one attached hydrogen (secondary N) is 1. The van der Waals surface area contributed by atoms with Crippen LogP contribution in [0.15, 0.2) is 18.2 Å². The van der Waals surface area contributed by atoms with Gasteiger partial charge in [0.25, 0.3) is 0 Å². The van der Waals surface area contributed by atoms with Crippen LogP contribution in [0.1, 0.15) is 5.69 Å². The molecule has 1 heterocycles. The van der Waals surface area contributed by atoms with Crippen molar-refractivity contribution in [1.82, 2.24) is 9.97 Å². The van der Waals surface area contributed by atoms with Crippen molar-refractivity contribution in [3.63, 3.8) is 0 Å². The summed E-state index contributed by atoms with van der Waals surface area (Å²) in [7, 11) is 3.45. The maximum atomic E-state index is 6.02. The maximum Gasteiger partial charge on any atom is 0.162 e. The molecule has 0 aliphatic heterocycles. The molecule has 0 unspecified atom stereocenters. The number of nitrogens with zero attached hydrogens (tertiary/aromatic N) is 2. The normalized spacial score (nSPS) is 10.7. The minimum Gasteiger partial charge on any atom is -0.378 e. The second-order valence-electron chi connectivity index (χ2n) is 4.00. The van der Waals surface area contributed by atoms with E-state index in [9.17, 15) is 0 Å². The first-order valence-corrected chi connectivity index (χ1v) is 7.58. The van der Waals surface area contributed by atoms with Crippen LogP contribution in [-0.2, 0) is 11.3 Å². The molecular weight excluding hydrogens is 412 g/mol. The lowest BCUT2D eigenvalue weighted by Crippen LogP contribution is -2.06. The zero-order valence-electron chi connectivity index (χ0n) is 10.9. The number of ether oxygens (including phenoxy) is 1. The second-order valence-corrected chi connectivity index (χ2v) is 5.95. The Hall–Kier alpha value is -0.630. The van der Waals surface area contributed by atoms with Gasteiger partial charge in [0.2, 0.25) is 0 Å². The van der Waals surface area contributed by atoms with E-state index in [1.54, 1.807) is 25.3 Å². The molecule has 1 N–H and O–H groups in total. The zero-order valence-corrected chi connectivity index (χ0v) is 14.5. The van der Waals surface area contributed by atoms with E-state index in [0.717, 1.165) is 20.6 Å². The lowest BCUT2D eigenvalue weighted by atomic mass is 10.2. The first-order valence-electron chi connectivity index (χ1n) is 5.74. The van der Waals surface area contributed by atoms with Crippen LogP contribution in [0.2, 0.25) is 10.0 Å². The molecule has 0 atom stereocenters. The minimum atomic E-state index is 0.413. The molecule has 0 amide bonds. The fourth-order valence-corrected chi connectivity index (χ4v) is 2.90. The summed E-state index contributed by atoms with van der Waals surface area (Å²) in [4.78, 5) is 9.01. The Morgan fingerprint density at radius 3 is 2.40 bits per heavy atom. The summed E-state index contributed by atoms with van der Waals surface area (Å²) in [5.41, 5.74) is 1.59. The van der Waals surface area contributed by atoms with Crippen LogP contribution in [0.3, 0.4) is 0 Å². The Morgan fingerprint density at radius 2 is 1.85 bits per heavy atom. The van der Waals surface area contributed by atoms with Gasteiger partial charge in [-0.1, -0.05) is 23.2 Å². The van der Waals surface area contributed by atoms with Crippen molar-refractivity contribution in [3.8, 4) is 11.4 Å². The highest BCUT2D eigenvalue weighted by atomic mass is 127. The molecule has 4 nitrogen and oxygen atoms in total. The molecule has 0 spiro atoms. The Kier molecular flexibility index (Phi) is 5.42. The monoisotopic (exact) mass is 423 g/mol. The van der Waals surface area contributed by atoms with E-state index >= 15 is 0 Å². The molecule has 0 saturated heterocycles. The molecule has 1 aromatic carbocycles. The second kappa shape index (κ2) is 6.89. The third-order valence-electron chi connectivity index (χ3n) is 2.56. The van der Waals surface area contributed by atoms with Gasteiger partial charge in [-0.25, -0.2) is 9.97 Å². The first-order chi connectivity index (χ1) is 9.55. The van der Waals surface area contributed by atoms with Crippen LogP contribution >= 0.6 is 45.8 Å². The average Bonchev–Trinajstić information content (AvgIpc) is 2.40. The van der Waals surface area contributed by atoms with Gasteiger partial charge in [0.15, 0.2) is 5.82 Å². The molecule has 0 saturated carbocycles. The predicted octanol–water partition coefficient (Wildman–Crippen LogP) is 4.24. The van der Waals surface area contributed by atoms with Crippen molar-refractivity contribution in [2.24, 2.45) is 0 Å². The summed E-state index contributed by atoms with van der Waals surface area (Å²) in [6, 6.07) is 5.24. The fourth-order valence-electron chi connectivity index (χ4n) is 1.70. The van der Waals surface area contributed by atoms with Crippen molar-refractivity contribution in [2.45, 2.75) is 6.61 Å². The molecule has 2 aromatic rings. The molecule has 2 rings (SSSR count). The molecule has 7 heteroatoms. The Labute approximate surface area is 141 Å². The summed E-state index contributed by atoms with van der Waals surface area (Å²) < 4.78 is 6.11. The third-order valence-corrected chi connectivity index (χ3v) is 4.13. The standard InChI is InChI=1S/C13H12Cl2IN3O/c1-17-13-11(16)10(6-20-2)18-12(19-13)7-3-8(14)5-9(15)4-7/h3-5H,6H2,1-2H3,(H,17,18,19). The number of anilines is 1. The van der Waals surface area contributed by atoms with E-state index in [1.165, 1.54) is 0 Å². The molecule has 0 fully saturated rings. The van der Waals surface area contributed by atoms with Crippen molar-refractivity contribution in [1.29, 1.82) is 0 Å². The smallest absolute Gasteiger partial charge is 0.162 e. The van der Waals surface area contributed by atoms with Gasteiger partial charge < -0.3 is 10.1 Å². The number of methoxy groups -OCH3 is 1. The van der Waals surface area contributed by atoms with E-state index in [-0.39, 0.29) is 0 Å². The SMILES string of the molecule is CNc1nc(-c2cc(Cl)cc(Cl)c2)nc(COC)c1I. The first kappa shape index (κ1) is 15.8. The number of rotatable bonds is 4. The molecule has 20 heavy (non-hydrogen) atoms. The van der Waals surface area contributed by atoms with Gasteiger partial charge in [-0.3, -0.25) is 0 Å². The van der Waals surface area contributed by atoms with Crippen LogP contribution in [0.5, 0.6) is 0 Å². The summed E-state index contributed by atoms with van der Waals surface area (Å²) in [5, 5.41) is 4.15. The van der Waals surface area contributed by atoms with Crippen molar-refractivity contribution >= 4 is 51.6 Å². The zero-order chi connectivity index (χ0) is 14.7. The number of hydrogen-bond acceptors (Lipinski definition) is 4. The largest absolute Gasteiger partial charge is 0.378 e. The van der Waals surface area contributed by atoms with Crippen molar-refractivity contribution in [3.05, 3.63) is 37.5 Å². The van der Waals surface area contributed by atoms with Crippen LogP contribution in [-0.4, -0.2) is 24.1 Å². The molecule has 106 valence electrons. The quantitative estimate of drug-likeness (QED) is 0.747. The summed E-state index contributed by atoms with van der Waals surface area (Å²) in [6.07, 6.45) is 0. The van der Waals surface area contributed by atoms with Gasteiger partial charge in [0.05, 0.1) is 15.9 Å². The average molecular weight is 424 g/mol. The molecule has 0 radical (unpaired) electrons. The maximum absolute atomic E-state index is 6.02. The van der Waals surface area contributed by atoms with Gasteiger partial charge in [-0.05, 0) is 40.8 Å². The van der Waals surface area contributed by atoms with E-state index in [4.69, 9.17) is 27.9 Å². The Bertz CT molecular complexity index is 617. The van der Waals surface area contributed by atoms with Crippen LogP contribution < -0.4 is 5.32 Å². The van der Waals surface area contributed by atoms with E-state index in [0.29, 0.717) is 22.5 Å². The van der Waals surface area contributed by atoms with Gasteiger partial charge in [-0.2, -0.15) is 0 Å². The Balaban J connectivity index is 2.58. The molecular formula is C13H12Cl2IN3O. The summed E-state index contributed by atoms with van der Waals surface area (Å²) in [5.74, 6) is 1.31. The minimum absolute atomic E-state index is 0.413. The number of aromatic nitrogens is 2. The van der Waals surface area contributed by atoms with Crippen LogP contribution in [0.4, 0.5) is 5.82 Å². The van der Waals surface area contributed by atoms with Gasteiger partial charge in [-0.15, -0.1) is 0 Å². The molecule has 1 aromatic heterocycles. The molecule has 0 aliphatic carbocycles. The lowest BCUT2D eigenvalue weighted by Gasteiger charge is -2.11. The van der Waals surface area contributed by atoms with E-state index in [2.05, 4.69) is 37.9 Å². The highest BCUT2D eigenvalue weighted by Crippen LogP contribution is 2.28. The van der Waals surface area contributed by atoms with E-state index in [1.807, 2.05) is 7.05 Å². The number of halogens is 3. The Morgan fingerprint density at radius 1 is 1.20 bits per heavy atom. The van der Waals surface area contributed by atoms with Crippen molar-refractivity contribution in [2.75, 3.05) is 19.5 Å². The van der Waals surface area contributed by atoms with Gasteiger partial charge in [0.1, 0.15) is 5.82 Å². The molecule has 0 bridgehead atoms. The number of benzene rings is 1. The molecule has 0 aliphatic rings. The van der Waals surface area contributed by atoms with Gasteiger partial charge >= 0.3 is 0 Å². The summed E-state index contributed by atoms with van der Waals surface area (Å²) >= 11 is 14.2. The van der Waals surface area contributed by atoms with Crippen molar-refractivity contribution < 1.29 is 4.74 Å².